The van der Waals surface area contributed by atoms with Crippen LogP contribution in [0.15, 0.2) is 58.0 Å². The van der Waals surface area contributed by atoms with Crippen molar-refractivity contribution in [3.63, 3.8) is 0 Å². The highest BCUT2D eigenvalue weighted by Crippen LogP contribution is 2.48. The number of nitrogens with zero attached hydrogens (tertiary/aromatic N) is 4. The lowest BCUT2D eigenvalue weighted by atomic mass is 9.80. The number of esters is 1. The van der Waals surface area contributed by atoms with Crippen LogP contribution in [0, 0.1) is 18.3 Å². The largest absolute Gasteiger partial charge is 0.465 e. The van der Waals surface area contributed by atoms with Gasteiger partial charge in [-0.05, 0) is 42.8 Å². The van der Waals surface area contributed by atoms with Gasteiger partial charge in [0.05, 0.1) is 24.4 Å². The molecule has 212 valence electrons. The molecule has 2 aliphatic heterocycles. The van der Waals surface area contributed by atoms with E-state index in [9.17, 15) is 28.1 Å². The predicted molar refractivity (Wildman–Crippen MR) is 147 cm³/mol. The summed E-state index contributed by atoms with van der Waals surface area (Å²) in [5, 5.41) is 9.15. The fraction of sp³-hybridized carbons (Fsp3) is 0.259. The Morgan fingerprint density at radius 1 is 1.12 bits per heavy atom. The van der Waals surface area contributed by atoms with Gasteiger partial charge in [-0.3, -0.25) is 4.79 Å². The lowest BCUT2D eigenvalue weighted by Gasteiger charge is -2.33. The van der Waals surface area contributed by atoms with Gasteiger partial charge in [-0.2, -0.15) is 9.57 Å². The van der Waals surface area contributed by atoms with Gasteiger partial charge in [-0.15, -0.1) is 0 Å². The molecule has 3 aromatic rings. The number of benzene rings is 2. The van der Waals surface area contributed by atoms with E-state index in [0.717, 1.165) is 22.4 Å². The number of anilines is 1. The van der Waals surface area contributed by atoms with E-state index in [1.165, 1.54) is 37.1 Å². The van der Waals surface area contributed by atoms with Gasteiger partial charge in [0.2, 0.25) is 5.09 Å². The standard InChI is InChI=1S/C27H22Cl2N4O7S/c1-15-21(24(34)39-3)11-23(40-15)41(37,38)32-13-22(17-6-4-16(12-30)5-7-17)27(14-32)25(35)33(26(36)31(27)2)20-9-18(28)8-19(29)10-20/h4-11,22H,13-14H2,1-3H3. The third-order valence-corrected chi connectivity index (χ3v) is 9.58. The number of amides is 3. The molecule has 0 radical (unpaired) electrons. The number of carbonyl (C=O) groups excluding carboxylic acids is 3. The van der Waals surface area contributed by atoms with Gasteiger partial charge in [-0.25, -0.2) is 22.9 Å². The third-order valence-electron chi connectivity index (χ3n) is 7.47. The minimum absolute atomic E-state index is 0.0428. The molecule has 11 nitrogen and oxygen atoms in total. The first-order valence-corrected chi connectivity index (χ1v) is 14.3. The van der Waals surface area contributed by atoms with Gasteiger partial charge in [0.25, 0.3) is 15.9 Å². The first kappa shape index (κ1) is 28.6. The zero-order valence-corrected chi connectivity index (χ0v) is 24.2. The summed E-state index contributed by atoms with van der Waals surface area (Å²) < 4.78 is 38.9. The summed E-state index contributed by atoms with van der Waals surface area (Å²) in [5.41, 5.74) is -0.710. The molecular weight excluding hydrogens is 595 g/mol. The molecular formula is C27H22Cl2N4O7S. The van der Waals surface area contributed by atoms with Gasteiger partial charge < -0.3 is 14.1 Å². The molecule has 1 aromatic heterocycles. The SMILES string of the molecule is COC(=O)c1cc(S(=O)(=O)N2CC(c3ccc(C#N)cc3)C3(C2)C(=O)N(c2cc(Cl)cc(Cl)c2)C(=O)N3C)oc1C. The zero-order chi connectivity index (χ0) is 29.9. The number of sulfonamides is 1. The number of hydrogen-bond acceptors (Lipinski definition) is 8. The van der Waals surface area contributed by atoms with Crippen LogP contribution in [-0.4, -0.2) is 68.3 Å². The molecule has 0 aliphatic carbocycles. The Hall–Kier alpha value is -3.89. The molecule has 2 aromatic carbocycles. The van der Waals surface area contributed by atoms with E-state index < -0.39 is 51.0 Å². The first-order chi connectivity index (χ1) is 19.3. The minimum Gasteiger partial charge on any atom is -0.465 e. The summed E-state index contributed by atoms with van der Waals surface area (Å²) >= 11 is 12.3. The average molecular weight is 617 g/mol. The normalized spacial score (nSPS) is 21.1. The number of imide groups is 1. The lowest BCUT2D eigenvalue weighted by Crippen LogP contribution is -2.54. The monoisotopic (exact) mass is 616 g/mol. The fourth-order valence-electron chi connectivity index (χ4n) is 5.37. The van der Waals surface area contributed by atoms with Crippen LogP contribution in [0.4, 0.5) is 10.5 Å². The quantitative estimate of drug-likeness (QED) is 0.307. The molecule has 0 bridgehead atoms. The van der Waals surface area contributed by atoms with E-state index in [0.29, 0.717) is 11.1 Å². The van der Waals surface area contributed by atoms with E-state index in [1.807, 2.05) is 6.07 Å². The Balaban J connectivity index is 1.64. The Kier molecular flexibility index (Phi) is 7.11. The molecule has 5 rings (SSSR count). The van der Waals surface area contributed by atoms with Crippen LogP contribution >= 0.6 is 23.2 Å². The second kappa shape index (κ2) is 10.2. The van der Waals surface area contributed by atoms with Crippen LogP contribution in [0.3, 0.4) is 0 Å². The highest BCUT2D eigenvalue weighted by atomic mass is 35.5. The van der Waals surface area contributed by atoms with Crippen molar-refractivity contribution < 1.29 is 32.0 Å². The molecule has 2 unspecified atom stereocenters. The van der Waals surface area contributed by atoms with Crippen LogP contribution < -0.4 is 4.90 Å². The maximum absolute atomic E-state index is 14.3. The second-order valence-electron chi connectivity index (χ2n) is 9.64. The number of carbonyl (C=O) groups is 3. The summed E-state index contributed by atoms with van der Waals surface area (Å²) in [6, 6.07) is 13.0. The number of rotatable bonds is 5. The van der Waals surface area contributed by atoms with Crippen molar-refractivity contribution >= 4 is 56.8 Å². The Labute approximate surface area is 245 Å². The third kappa shape index (κ3) is 4.46. The maximum atomic E-state index is 14.3. The fourth-order valence-corrected chi connectivity index (χ4v) is 7.35. The second-order valence-corrected chi connectivity index (χ2v) is 12.4. The average Bonchev–Trinajstić information content (AvgIpc) is 3.59. The molecule has 0 N–H and O–H groups in total. The molecule has 0 saturated carbocycles. The van der Waals surface area contributed by atoms with Gasteiger partial charge in [0.15, 0.2) is 0 Å². The molecule has 2 fully saturated rings. The van der Waals surface area contributed by atoms with E-state index in [2.05, 4.69) is 0 Å². The number of methoxy groups -OCH3 is 1. The van der Waals surface area contributed by atoms with E-state index in [-0.39, 0.29) is 33.6 Å². The number of likely N-dealkylation sites (N-methyl/N-ethyl adjacent to an activating group) is 1. The number of furan rings is 1. The summed E-state index contributed by atoms with van der Waals surface area (Å²) in [6.45, 7) is 0.797. The molecule has 1 spiro atoms. The van der Waals surface area contributed by atoms with E-state index >= 15 is 0 Å². The number of aryl methyl sites for hydroxylation is 1. The van der Waals surface area contributed by atoms with Crippen LogP contribution in [0.5, 0.6) is 0 Å². The molecule has 2 aliphatic rings. The first-order valence-electron chi connectivity index (χ1n) is 12.1. The predicted octanol–water partition coefficient (Wildman–Crippen LogP) is 4.18. The summed E-state index contributed by atoms with van der Waals surface area (Å²) in [7, 11) is -1.82. The van der Waals surface area contributed by atoms with Gasteiger partial charge >= 0.3 is 12.0 Å². The number of urea groups is 1. The van der Waals surface area contributed by atoms with Crippen LogP contribution in [0.2, 0.25) is 10.0 Å². The van der Waals surface area contributed by atoms with Crippen molar-refractivity contribution in [2.75, 3.05) is 32.1 Å². The highest BCUT2D eigenvalue weighted by Gasteiger charge is 2.66. The van der Waals surface area contributed by atoms with Crippen molar-refractivity contribution in [2.45, 2.75) is 23.5 Å². The molecule has 2 saturated heterocycles. The summed E-state index contributed by atoms with van der Waals surface area (Å²) in [4.78, 5) is 42.2. The van der Waals surface area contributed by atoms with Crippen molar-refractivity contribution in [1.29, 1.82) is 5.26 Å². The van der Waals surface area contributed by atoms with E-state index in [1.54, 1.807) is 24.3 Å². The van der Waals surface area contributed by atoms with Crippen molar-refractivity contribution in [1.82, 2.24) is 9.21 Å². The Bertz CT molecular complexity index is 1730. The van der Waals surface area contributed by atoms with Crippen molar-refractivity contribution in [2.24, 2.45) is 0 Å². The molecule has 14 heteroatoms. The lowest BCUT2D eigenvalue weighted by molar-refractivity contribution is -0.124. The smallest absolute Gasteiger partial charge is 0.341 e. The van der Waals surface area contributed by atoms with Gasteiger partial charge in [0, 0.05) is 42.2 Å². The van der Waals surface area contributed by atoms with Crippen molar-refractivity contribution in [3.05, 3.63) is 81.0 Å². The molecule has 3 heterocycles. The highest BCUT2D eigenvalue weighted by molar-refractivity contribution is 7.89. The van der Waals surface area contributed by atoms with Gasteiger partial charge in [0.1, 0.15) is 16.9 Å². The molecule has 2 atom stereocenters. The summed E-state index contributed by atoms with van der Waals surface area (Å²) in [5.74, 6) is -2.25. The summed E-state index contributed by atoms with van der Waals surface area (Å²) in [6.07, 6.45) is 0. The number of halogens is 2. The topological polar surface area (TPSA) is 141 Å². The minimum atomic E-state index is -4.40. The maximum Gasteiger partial charge on any atom is 0.341 e. The van der Waals surface area contributed by atoms with Crippen LogP contribution in [0.25, 0.3) is 0 Å². The van der Waals surface area contributed by atoms with Gasteiger partial charge in [-0.1, -0.05) is 35.3 Å². The Morgan fingerprint density at radius 3 is 2.34 bits per heavy atom. The van der Waals surface area contributed by atoms with Crippen molar-refractivity contribution in [3.8, 4) is 6.07 Å². The zero-order valence-electron chi connectivity index (χ0n) is 21.9. The van der Waals surface area contributed by atoms with Crippen LogP contribution in [-0.2, 0) is 19.6 Å². The number of ether oxygens (including phenoxy) is 1. The Morgan fingerprint density at radius 2 is 1.76 bits per heavy atom. The van der Waals surface area contributed by atoms with E-state index in [4.69, 9.17) is 32.4 Å². The number of nitriles is 1. The number of hydrogen-bond donors (Lipinski definition) is 0. The molecule has 3 amide bonds. The molecule has 41 heavy (non-hydrogen) atoms. The van der Waals surface area contributed by atoms with Crippen LogP contribution in [0.1, 0.15) is 33.2 Å².